The molecule has 0 amide bonds. The van der Waals surface area contributed by atoms with Gasteiger partial charge in [0.15, 0.2) is 0 Å². The summed E-state index contributed by atoms with van der Waals surface area (Å²) < 4.78 is 18.0. The number of halogens is 2. The van der Waals surface area contributed by atoms with Crippen molar-refractivity contribution in [3.63, 3.8) is 0 Å². The lowest BCUT2D eigenvalue weighted by atomic mass is 9.94. The number of alkyl halides is 1. The van der Waals surface area contributed by atoms with Gasteiger partial charge in [-0.3, -0.25) is 0 Å². The van der Waals surface area contributed by atoms with Gasteiger partial charge in [0, 0.05) is 26.3 Å². The van der Waals surface area contributed by atoms with Crippen LogP contribution in [0.1, 0.15) is 12.0 Å². The Morgan fingerprint density at radius 2 is 1.62 bits per heavy atom. The lowest BCUT2D eigenvalue weighted by Crippen LogP contribution is -2.12. The molecule has 3 aromatic carbocycles. The van der Waals surface area contributed by atoms with Crippen molar-refractivity contribution in [2.45, 2.75) is 25.6 Å². The Hall–Kier alpha value is -2.07. The fourth-order valence-corrected chi connectivity index (χ4v) is 4.01. The molecular weight excluding hydrogens is 388 g/mol. The quantitative estimate of drug-likeness (QED) is 0.419. The Bertz CT molecular complexity index is 999. The summed E-state index contributed by atoms with van der Waals surface area (Å²) in [6, 6.07) is 22.8. The number of rotatable bonds is 5. The van der Waals surface area contributed by atoms with Gasteiger partial charge in [0.25, 0.3) is 0 Å². The first kappa shape index (κ1) is 17.4. The molecule has 4 aromatic rings. The topological polar surface area (TPSA) is 4.93 Å². The molecule has 0 saturated carbocycles. The van der Waals surface area contributed by atoms with Crippen LogP contribution < -0.4 is 5.46 Å². The summed E-state index contributed by atoms with van der Waals surface area (Å²) in [6.07, 6.45) is 0.427. The Labute approximate surface area is 162 Å². The minimum Gasteiger partial charge on any atom is -0.338 e. The molecule has 0 bridgehead atoms. The lowest BCUT2D eigenvalue weighted by molar-refractivity contribution is 0.284. The van der Waals surface area contributed by atoms with Gasteiger partial charge in [-0.2, -0.15) is 0 Å². The van der Waals surface area contributed by atoms with Crippen LogP contribution in [-0.4, -0.2) is 18.6 Å². The molecule has 0 fully saturated rings. The van der Waals surface area contributed by atoms with E-state index in [1.165, 1.54) is 21.8 Å². The standard InChI is InChI=1S/C22H20BBrFN/c23-16-7-10-21-19(12-16)20-13-17(24)8-11-22(20)26(21)14-18(25)9-6-15-4-2-1-3-5-15/h1-5,7-8,10-13,18H,6,9,14,23H2. The predicted octanol–water partition coefficient (Wildman–Crippen LogP) is 4.79. The predicted molar refractivity (Wildman–Crippen MR) is 115 cm³/mol. The van der Waals surface area contributed by atoms with Crippen LogP contribution in [0.15, 0.2) is 71.2 Å². The molecule has 1 heterocycles. The molecule has 130 valence electrons. The lowest BCUT2D eigenvalue weighted by Gasteiger charge is -2.12. The van der Waals surface area contributed by atoms with Crippen molar-refractivity contribution in [1.29, 1.82) is 0 Å². The van der Waals surface area contributed by atoms with Crippen LogP contribution in [0.4, 0.5) is 4.39 Å². The van der Waals surface area contributed by atoms with Crippen molar-refractivity contribution < 1.29 is 4.39 Å². The molecule has 0 aliphatic carbocycles. The molecule has 0 aliphatic heterocycles. The zero-order valence-corrected chi connectivity index (χ0v) is 16.3. The van der Waals surface area contributed by atoms with E-state index in [2.05, 4.69) is 70.8 Å². The Kier molecular flexibility index (Phi) is 4.86. The fraction of sp³-hybridized carbons (Fsp3) is 0.182. The van der Waals surface area contributed by atoms with Crippen LogP contribution >= 0.6 is 15.9 Å². The average molecular weight is 408 g/mol. The van der Waals surface area contributed by atoms with E-state index < -0.39 is 6.17 Å². The van der Waals surface area contributed by atoms with E-state index in [1.807, 2.05) is 24.3 Å². The van der Waals surface area contributed by atoms with Gasteiger partial charge in [-0.05, 0) is 42.7 Å². The minimum atomic E-state index is -0.876. The second-order valence-corrected chi connectivity index (χ2v) is 7.83. The molecule has 1 atom stereocenters. The normalized spacial score (nSPS) is 12.7. The highest BCUT2D eigenvalue weighted by Crippen LogP contribution is 2.31. The monoisotopic (exact) mass is 407 g/mol. The SMILES string of the molecule is Bc1ccc2c(c1)c1cc(Br)ccc1n2CC(F)CCc1ccccc1. The van der Waals surface area contributed by atoms with Crippen molar-refractivity contribution in [1.82, 2.24) is 4.57 Å². The van der Waals surface area contributed by atoms with E-state index in [0.29, 0.717) is 13.0 Å². The maximum atomic E-state index is 14.8. The van der Waals surface area contributed by atoms with Gasteiger partial charge in [-0.1, -0.05) is 63.9 Å². The maximum Gasteiger partial charge on any atom is 0.139 e. The largest absolute Gasteiger partial charge is 0.338 e. The van der Waals surface area contributed by atoms with Gasteiger partial charge in [0.2, 0.25) is 0 Å². The maximum absolute atomic E-state index is 14.8. The molecule has 0 saturated heterocycles. The fourth-order valence-electron chi connectivity index (χ4n) is 3.64. The molecular formula is C22H20BBrFN. The summed E-state index contributed by atoms with van der Waals surface area (Å²) in [4.78, 5) is 0. The highest BCUT2D eigenvalue weighted by molar-refractivity contribution is 9.10. The molecule has 0 aliphatic rings. The van der Waals surface area contributed by atoms with Gasteiger partial charge in [0.05, 0.1) is 6.54 Å². The van der Waals surface area contributed by atoms with E-state index in [1.54, 1.807) is 0 Å². The van der Waals surface area contributed by atoms with Gasteiger partial charge in [-0.25, -0.2) is 4.39 Å². The van der Waals surface area contributed by atoms with Crippen molar-refractivity contribution in [2.75, 3.05) is 0 Å². The Balaban J connectivity index is 1.66. The van der Waals surface area contributed by atoms with Gasteiger partial charge in [-0.15, -0.1) is 0 Å². The van der Waals surface area contributed by atoms with Crippen molar-refractivity contribution in [2.24, 2.45) is 0 Å². The first-order chi connectivity index (χ1) is 12.6. The molecule has 4 rings (SSSR count). The van der Waals surface area contributed by atoms with E-state index in [-0.39, 0.29) is 0 Å². The number of aromatic nitrogens is 1. The van der Waals surface area contributed by atoms with Crippen LogP contribution in [-0.2, 0) is 13.0 Å². The third kappa shape index (κ3) is 3.43. The van der Waals surface area contributed by atoms with Crippen LogP contribution in [0.5, 0.6) is 0 Å². The van der Waals surface area contributed by atoms with Gasteiger partial charge >= 0.3 is 0 Å². The Morgan fingerprint density at radius 1 is 0.923 bits per heavy atom. The number of hydrogen-bond acceptors (Lipinski definition) is 0. The molecule has 0 N–H and O–H groups in total. The highest BCUT2D eigenvalue weighted by Gasteiger charge is 2.15. The molecule has 4 heteroatoms. The third-order valence-corrected chi connectivity index (χ3v) is 5.45. The van der Waals surface area contributed by atoms with E-state index in [0.717, 1.165) is 21.9 Å². The number of nitrogens with zero attached hydrogens (tertiary/aromatic N) is 1. The van der Waals surface area contributed by atoms with Crippen LogP contribution in [0.25, 0.3) is 21.8 Å². The molecule has 0 radical (unpaired) electrons. The second-order valence-electron chi connectivity index (χ2n) is 6.91. The molecule has 1 aromatic heterocycles. The van der Waals surface area contributed by atoms with E-state index >= 15 is 0 Å². The number of benzene rings is 3. The molecule has 0 spiro atoms. The zero-order chi connectivity index (χ0) is 18.1. The summed E-state index contributed by atoms with van der Waals surface area (Å²) >= 11 is 3.56. The van der Waals surface area contributed by atoms with E-state index in [4.69, 9.17) is 0 Å². The molecule has 26 heavy (non-hydrogen) atoms. The summed E-state index contributed by atoms with van der Waals surface area (Å²) in [5.41, 5.74) is 4.61. The van der Waals surface area contributed by atoms with Gasteiger partial charge in [0.1, 0.15) is 14.0 Å². The van der Waals surface area contributed by atoms with Crippen LogP contribution in [0.3, 0.4) is 0 Å². The zero-order valence-electron chi connectivity index (χ0n) is 14.8. The van der Waals surface area contributed by atoms with E-state index in [9.17, 15) is 4.39 Å². The van der Waals surface area contributed by atoms with Gasteiger partial charge < -0.3 is 4.57 Å². The van der Waals surface area contributed by atoms with Crippen LogP contribution in [0, 0.1) is 0 Å². The average Bonchev–Trinajstić information content (AvgIpc) is 2.93. The smallest absolute Gasteiger partial charge is 0.139 e. The second kappa shape index (κ2) is 7.28. The first-order valence-electron chi connectivity index (χ1n) is 8.98. The van der Waals surface area contributed by atoms with Crippen LogP contribution in [0.2, 0.25) is 0 Å². The van der Waals surface area contributed by atoms with Crippen molar-refractivity contribution in [3.05, 3.63) is 76.8 Å². The molecule has 1 unspecified atom stereocenters. The van der Waals surface area contributed by atoms with Crippen molar-refractivity contribution in [3.8, 4) is 0 Å². The Morgan fingerprint density at radius 3 is 2.38 bits per heavy atom. The third-order valence-electron chi connectivity index (χ3n) is 4.95. The first-order valence-corrected chi connectivity index (χ1v) is 9.77. The summed E-state index contributed by atoms with van der Waals surface area (Å²) in [7, 11) is 2.10. The minimum absolute atomic E-state index is 0.386. The number of fused-ring (bicyclic) bond motifs is 3. The molecule has 1 nitrogen and oxygen atoms in total. The summed E-state index contributed by atoms with van der Waals surface area (Å²) in [6.45, 7) is 0.386. The highest BCUT2D eigenvalue weighted by atomic mass is 79.9. The summed E-state index contributed by atoms with van der Waals surface area (Å²) in [5, 5.41) is 2.37. The number of aryl methyl sites for hydroxylation is 1. The number of hydrogen-bond donors (Lipinski definition) is 0. The van der Waals surface area contributed by atoms with Crippen molar-refractivity contribution >= 4 is 51.0 Å². The summed E-state index contributed by atoms with van der Waals surface area (Å²) in [5.74, 6) is 0.